The molecule has 0 saturated carbocycles. The van der Waals surface area contributed by atoms with Crippen molar-refractivity contribution in [2.45, 2.75) is 26.3 Å². The largest absolute Gasteiger partial charge is 0.493 e. The summed E-state index contributed by atoms with van der Waals surface area (Å²) in [6.07, 6.45) is 6.00. The van der Waals surface area contributed by atoms with E-state index in [1.165, 1.54) is 11.1 Å². The molecule has 0 unspecified atom stereocenters. The summed E-state index contributed by atoms with van der Waals surface area (Å²) in [5.74, 6) is 1.06. The number of hydrogen-bond donors (Lipinski definition) is 1. The lowest BCUT2D eigenvalue weighted by Crippen LogP contribution is -2.16. The number of ether oxygens (including phenoxy) is 1. The van der Waals surface area contributed by atoms with Crippen LogP contribution >= 0.6 is 15.9 Å². The monoisotopic (exact) mass is 349 g/mol. The third-order valence-corrected chi connectivity index (χ3v) is 4.13. The molecule has 4 nitrogen and oxygen atoms in total. The van der Waals surface area contributed by atoms with E-state index >= 15 is 0 Å². The third-order valence-electron chi connectivity index (χ3n) is 3.67. The van der Waals surface area contributed by atoms with Crippen molar-refractivity contribution in [3.05, 3.63) is 46.0 Å². The quantitative estimate of drug-likeness (QED) is 0.815. The molecular weight excluding hydrogens is 330 g/mol. The molecule has 0 fully saturated rings. The number of imidazole rings is 1. The molecule has 2 heterocycles. The standard InChI is InChI=1S/C16H20BrN3O/c1-2-18-5-3-15-10-20(11-19-15)9-13-8-14(17)7-12-4-6-21-16(12)13/h7-8,10-11,18H,2-6,9H2,1H3. The molecule has 0 aliphatic carbocycles. The van der Waals surface area contributed by atoms with E-state index in [0.29, 0.717) is 0 Å². The minimum absolute atomic E-state index is 0.788. The van der Waals surface area contributed by atoms with Crippen molar-refractivity contribution in [2.75, 3.05) is 19.7 Å². The maximum Gasteiger partial charge on any atom is 0.127 e. The van der Waals surface area contributed by atoms with Crippen LogP contribution in [0.3, 0.4) is 0 Å². The molecule has 0 bridgehead atoms. The fourth-order valence-corrected chi connectivity index (χ4v) is 3.23. The Morgan fingerprint density at radius 1 is 1.43 bits per heavy atom. The predicted octanol–water partition coefficient (Wildman–Crippen LogP) is 2.78. The second-order valence-corrected chi connectivity index (χ2v) is 6.21. The summed E-state index contributed by atoms with van der Waals surface area (Å²) in [6.45, 7) is 5.68. The molecule has 0 spiro atoms. The van der Waals surface area contributed by atoms with Crippen LogP contribution in [-0.2, 0) is 19.4 Å². The molecule has 1 aromatic carbocycles. The molecule has 3 rings (SSSR count). The number of aromatic nitrogens is 2. The lowest BCUT2D eigenvalue weighted by Gasteiger charge is -2.09. The second kappa shape index (κ2) is 6.62. The van der Waals surface area contributed by atoms with Gasteiger partial charge < -0.3 is 14.6 Å². The molecule has 0 saturated heterocycles. The fourth-order valence-electron chi connectivity index (χ4n) is 2.68. The van der Waals surface area contributed by atoms with Crippen LogP contribution in [0, 0.1) is 0 Å². The molecule has 21 heavy (non-hydrogen) atoms. The Balaban J connectivity index is 1.72. The van der Waals surface area contributed by atoms with E-state index in [9.17, 15) is 0 Å². The van der Waals surface area contributed by atoms with Crippen molar-refractivity contribution in [3.63, 3.8) is 0 Å². The van der Waals surface area contributed by atoms with Crippen LogP contribution in [0.2, 0.25) is 0 Å². The molecule has 1 aliphatic heterocycles. The van der Waals surface area contributed by atoms with Gasteiger partial charge in [0.05, 0.1) is 25.2 Å². The van der Waals surface area contributed by atoms with E-state index in [1.807, 2.05) is 6.33 Å². The number of nitrogens with zero attached hydrogens (tertiary/aromatic N) is 2. The average Bonchev–Trinajstić information content (AvgIpc) is 3.08. The number of benzene rings is 1. The number of hydrogen-bond acceptors (Lipinski definition) is 3. The van der Waals surface area contributed by atoms with Crippen LogP contribution in [0.5, 0.6) is 5.75 Å². The maximum atomic E-state index is 5.78. The first-order chi connectivity index (χ1) is 10.3. The van der Waals surface area contributed by atoms with Crippen LogP contribution in [0.1, 0.15) is 23.7 Å². The molecule has 112 valence electrons. The maximum absolute atomic E-state index is 5.78. The Hall–Kier alpha value is -1.33. The first-order valence-electron chi connectivity index (χ1n) is 7.41. The van der Waals surface area contributed by atoms with E-state index in [-0.39, 0.29) is 0 Å². The van der Waals surface area contributed by atoms with E-state index in [1.54, 1.807) is 0 Å². The van der Waals surface area contributed by atoms with Gasteiger partial charge in [0, 0.05) is 35.6 Å². The summed E-state index contributed by atoms with van der Waals surface area (Å²) in [4.78, 5) is 4.47. The summed E-state index contributed by atoms with van der Waals surface area (Å²) in [5, 5.41) is 3.32. The van der Waals surface area contributed by atoms with Crippen molar-refractivity contribution in [1.82, 2.24) is 14.9 Å². The van der Waals surface area contributed by atoms with Gasteiger partial charge in [-0.05, 0) is 24.2 Å². The zero-order valence-corrected chi connectivity index (χ0v) is 13.8. The molecule has 0 amide bonds. The SMILES string of the molecule is CCNCCc1cn(Cc2cc(Br)cc3c2OCC3)cn1. The van der Waals surface area contributed by atoms with E-state index in [2.05, 4.69) is 56.1 Å². The average molecular weight is 350 g/mol. The van der Waals surface area contributed by atoms with E-state index < -0.39 is 0 Å². The first kappa shape index (κ1) is 14.6. The molecular formula is C16H20BrN3O. The number of nitrogens with one attached hydrogen (secondary N) is 1. The minimum Gasteiger partial charge on any atom is -0.493 e. The van der Waals surface area contributed by atoms with Crippen molar-refractivity contribution in [1.29, 1.82) is 0 Å². The van der Waals surface area contributed by atoms with Crippen LogP contribution in [0.25, 0.3) is 0 Å². The molecule has 5 heteroatoms. The molecule has 0 radical (unpaired) electrons. The summed E-state index contributed by atoms with van der Waals surface area (Å²) in [7, 11) is 0. The lowest BCUT2D eigenvalue weighted by atomic mass is 10.1. The van der Waals surface area contributed by atoms with Gasteiger partial charge in [0.1, 0.15) is 5.75 Å². The van der Waals surface area contributed by atoms with Crippen molar-refractivity contribution >= 4 is 15.9 Å². The molecule has 1 N–H and O–H groups in total. The Labute approximate surface area is 133 Å². The molecule has 1 aliphatic rings. The highest BCUT2D eigenvalue weighted by atomic mass is 79.9. The van der Waals surface area contributed by atoms with Gasteiger partial charge in [0.2, 0.25) is 0 Å². The summed E-state index contributed by atoms with van der Waals surface area (Å²) in [6, 6.07) is 4.30. The highest BCUT2D eigenvalue weighted by molar-refractivity contribution is 9.10. The van der Waals surface area contributed by atoms with Crippen LogP contribution in [0.4, 0.5) is 0 Å². The summed E-state index contributed by atoms with van der Waals surface area (Å²) >= 11 is 3.59. The Morgan fingerprint density at radius 3 is 3.19 bits per heavy atom. The van der Waals surface area contributed by atoms with Gasteiger partial charge in [-0.15, -0.1) is 0 Å². The van der Waals surface area contributed by atoms with Gasteiger partial charge in [-0.25, -0.2) is 4.98 Å². The highest BCUT2D eigenvalue weighted by Crippen LogP contribution is 2.33. The van der Waals surface area contributed by atoms with Crippen LogP contribution < -0.4 is 10.1 Å². The molecule has 0 atom stereocenters. The Kier molecular flexibility index (Phi) is 4.60. The zero-order chi connectivity index (χ0) is 14.7. The van der Waals surface area contributed by atoms with Crippen molar-refractivity contribution in [2.24, 2.45) is 0 Å². The van der Waals surface area contributed by atoms with Crippen molar-refractivity contribution < 1.29 is 4.74 Å². The summed E-state index contributed by atoms with van der Waals surface area (Å²) < 4.78 is 9.03. The fraction of sp³-hybridized carbons (Fsp3) is 0.438. The number of likely N-dealkylation sites (N-methyl/N-ethyl adjacent to an activating group) is 1. The van der Waals surface area contributed by atoms with Crippen molar-refractivity contribution in [3.8, 4) is 5.75 Å². The molecule has 1 aromatic heterocycles. The van der Waals surface area contributed by atoms with Gasteiger partial charge in [-0.2, -0.15) is 0 Å². The second-order valence-electron chi connectivity index (χ2n) is 5.29. The van der Waals surface area contributed by atoms with Gasteiger partial charge in [-0.1, -0.05) is 22.9 Å². The smallest absolute Gasteiger partial charge is 0.127 e. The Morgan fingerprint density at radius 2 is 2.33 bits per heavy atom. The first-order valence-corrected chi connectivity index (χ1v) is 8.21. The van der Waals surface area contributed by atoms with Crippen LogP contribution in [-0.4, -0.2) is 29.2 Å². The number of fused-ring (bicyclic) bond motifs is 1. The van der Waals surface area contributed by atoms with Gasteiger partial charge in [0.15, 0.2) is 0 Å². The zero-order valence-electron chi connectivity index (χ0n) is 12.2. The normalized spacial score (nSPS) is 13.2. The van der Waals surface area contributed by atoms with Gasteiger partial charge in [-0.3, -0.25) is 0 Å². The topological polar surface area (TPSA) is 39.1 Å². The number of rotatable bonds is 6. The minimum atomic E-state index is 0.788. The summed E-state index contributed by atoms with van der Waals surface area (Å²) in [5.41, 5.74) is 3.64. The van der Waals surface area contributed by atoms with Gasteiger partial charge in [0.25, 0.3) is 0 Å². The van der Waals surface area contributed by atoms with E-state index in [0.717, 1.165) is 55.0 Å². The number of halogens is 1. The van der Waals surface area contributed by atoms with Crippen LogP contribution in [0.15, 0.2) is 29.1 Å². The molecule has 2 aromatic rings. The third kappa shape index (κ3) is 3.47. The predicted molar refractivity (Wildman–Crippen MR) is 86.9 cm³/mol. The Bertz CT molecular complexity index is 624. The van der Waals surface area contributed by atoms with E-state index in [4.69, 9.17) is 4.74 Å². The lowest BCUT2D eigenvalue weighted by molar-refractivity contribution is 0.352. The highest BCUT2D eigenvalue weighted by Gasteiger charge is 2.17. The van der Waals surface area contributed by atoms with Gasteiger partial charge >= 0.3 is 0 Å².